The Hall–Kier alpha value is -1.82. The zero-order valence-electron chi connectivity index (χ0n) is 14.0. The summed E-state index contributed by atoms with van der Waals surface area (Å²) in [6.45, 7) is 2.16. The van der Waals surface area contributed by atoms with E-state index >= 15 is 0 Å². The van der Waals surface area contributed by atoms with Crippen LogP contribution in [0, 0.1) is 23.2 Å². The molecule has 0 aromatic carbocycles. The molecular formula is C19H20O6. The molecule has 1 spiro atoms. The number of hydrogen-bond acceptors (Lipinski definition) is 6. The summed E-state index contributed by atoms with van der Waals surface area (Å²) in [5.74, 6) is -0.235. The second-order valence-electron chi connectivity index (χ2n) is 8.58. The highest BCUT2D eigenvalue weighted by atomic mass is 16.6. The standard InChI is InChI=1S/C19H20O6/c1-18-6-13(9-2-3-22-8-9)25-19(18)7-14(24-17(19)21)15-11-4-10(5-12(15)18)23-16(11)20/h2-3,8,10-15H,4-7H2,1H3/t10-,11+,12+,13+,14-,15+,18-,19+/m0/s1. The van der Waals surface area contributed by atoms with Gasteiger partial charge in [0.15, 0.2) is 5.60 Å². The number of carbonyl (C=O) groups is 2. The summed E-state index contributed by atoms with van der Waals surface area (Å²) in [4.78, 5) is 25.2. The fourth-order valence-electron chi connectivity index (χ4n) is 6.54. The van der Waals surface area contributed by atoms with Gasteiger partial charge < -0.3 is 18.6 Å². The van der Waals surface area contributed by atoms with Gasteiger partial charge in [-0.3, -0.25) is 4.79 Å². The van der Waals surface area contributed by atoms with Crippen molar-refractivity contribution in [3.05, 3.63) is 24.2 Å². The number of ether oxygens (including phenoxy) is 3. The van der Waals surface area contributed by atoms with Gasteiger partial charge in [-0.15, -0.1) is 0 Å². The largest absolute Gasteiger partial charge is 0.472 e. The van der Waals surface area contributed by atoms with E-state index in [2.05, 4.69) is 6.92 Å². The van der Waals surface area contributed by atoms with Gasteiger partial charge in [0.05, 0.1) is 24.5 Å². The van der Waals surface area contributed by atoms with Crippen molar-refractivity contribution in [1.82, 2.24) is 0 Å². The summed E-state index contributed by atoms with van der Waals surface area (Å²) in [5.41, 5.74) is -0.293. The maximum Gasteiger partial charge on any atom is 0.339 e. The van der Waals surface area contributed by atoms with E-state index in [0.29, 0.717) is 6.42 Å². The summed E-state index contributed by atoms with van der Waals surface area (Å²) in [5, 5.41) is 0. The number of esters is 2. The fourth-order valence-corrected chi connectivity index (χ4v) is 6.54. The molecule has 5 fully saturated rings. The summed E-state index contributed by atoms with van der Waals surface area (Å²) in [6, 6.07) is 1.90. The first-order valence-electron chi connectivity index (χ1n) is 9.13. The quantitative estimate of drug-likeness (QED) is 0.728. The third kappa shape index (κ3) is 1.52. The highest BCUT2D eigenvalue weighted by molar-refractivity contribution is 5.85. The van der Waals surface area contributed by atoms with Gasteiger partial charge in [-0.2, -0.15) is 0 Å². The molecule has 6 rings (SSSR count). The monoisotopic (exact) mass is 344 g/mol. The molecule has 0 N–H and O–H groups in total. The predicted octanol–water partition coefficient (Wildman–Crippen LogP) is 2.38. The van der Waals surface area contributed by atoms with Crippen molar-refractivity contribution in [3.63, 3.8) is 0 Å². The van der Waals surface area contributed by atoms with E-state index in [-0.39, 0.29) is 53.4 Å². The SMILES string of the molecule is C[C@@]12C[C@H](c3ccoc3)O[C@@]13C[C@H](OC3=O)[C@H]1[C@H]2C[C@@H]2C[C@H]1C(=O)O2. The summed E-state index contributed by atoms with van der Waals surface area (Å²) < 4.78 is 23.0. The van der Waals surface area contributed by atoms with Crippen molar-refractivity contribution < 1.29 is 28.2 Å². The van der Waals surface area contributed by atoms with Crippen LogP contribution in [-0.2, 0) is 23.8 Å². The number of carbonyl (C=O) groups excluding carboxylic acids is 2. The first-order chi connectivity index (χ1) is 12.0. The molecule has 8 atom stereocenters. The molecule has 6 heteroatoms. The maximum atomic E-state index is 12.9. The molecule has 4 bridgehead atoms. The van der Waals surface area contributed by atoms with Crippen LogP contribution in [0.15, 0.2) is 23.0 Å². The molecule has 3 saturated heterocycles. The van der Waals surface area contributed by atoms with Crippen LogP contribution in [0.5, 0.6) is 0 Å². The molecule has 2 saturated carbocycles. The lowest BCUT2D eigenvalue weighted by molar-refractivity contribution is -0.169. The maximum absolute atomic E-state index is 12.9. The van der Waals surface area contributed by atoms with E-state index in [4.69, 9.17) is 18.6 Å². The van der Waals surface area contributed by atoms with E-state index in [9.17, 15) is 9.59 Å². The van der Waals surface area contributed by atoms with E-state index in [1.54, 1.807) is 12.5 Å². The number of fused-ring (bicyclic) bond motifs is 7. The fraction of sp³-hybridized carbons (Fsp3) is 0.684. The van der Waals surface area contributed by atoms with Gasteiger partial charge in [-0.05, 0) is 31.2 Å². The molecule has 132 valence electrons. The lowest BCUT2D eigenvalue weighted by Gasteiger charge is -2.51. The van der Waals surface area contributed by atoms with Crippen LogP contribution in [0.25, 0.3) is 0 Å². The van der Waals surface area contributed by atoms with Gasteiger partial charge in [-0.25, -0.2) is 4.79 Å². The van der Waals surface area contributed by atoms with Crippen molar-refractivity contribution in [2.75, 3.05) is 0 Å². The third-order valence-electron chi connectivity index (χ3n) is 7.66. The van der Waals surface area contributed by atoms with Gasteiger partial charge in [0, 0.05) is 23.3 Å². The Bertz CT molecular complexity index is 771. The molecule has 1 aromatic rings. The Labute approximate surface area is 144 Å². The second kappa shape index (κ2) is 4.29. The number of hydrogen-bond donors (Lipinski definition) is 0. The average Bonchev–Trinajstić information content (AvgIpc) is 3.31. The molecule has 0 amide bonds. The van der Waals surface area contributed by atoms with Crippen molar-refractivity contribution in [2.45, 2.75) is 56.5 Å². The van der Waals surface area contributed by atoms with E-state index in [1.165, 1.54) is 0 Å². The average molecular weight is 344 g/mol. The van der Waals surface area contributed by atoms with Gasteiger partial charge >= 0.3 is 11.9 Å². The van der Waals surface area contributed by atoms with Crippen LogP contribution in [-0.4, -0.2) is 29.7 Å². The highest BCUT2D eigenvalue weighted by Gasteiger charge is 2.76. The minimum atomic E-state index is -0.902. The van der Waals surface area contributed by atoms with Crippen molar-refractivity contribution in [2.24, 2.45) is 23.2 Å². The lowest BCUT2D eigenvalue weighted by Crippen LogP contribution is -2.59. The van der Waals surface area contributed by atoms with Gasteiger partial charge in [0.2, 0.25) is 0 Å². The first kappa shape index (κ1) is 14.4. The Morgan fingerprint density at radius 3 is 2.84 bits per heavy atom. The molecule has 5 aliphatic rings. The van der Waals surface area contributed by atoms with E-state index in [0.717, 1.165) is 24.8 Å². The molecule has 1 aromatic heterocycles. The Balaban J connectivity index is 1.48. The zero-order chi connectivity index (χ0) is 17.0. The summed E-state index contributed by atoms with van der Waals surface area (Å²) in [6.07, 6.45) is 5.75. The van der Waals surface area contributed by atoms with Crippen molar-refractivity contribution in [3.8, 4) is 0 Å². The molecule has 0 unspecified atom stereocenters. The highest BCUT2D eigenvalue weighted by Crippen LogP contribution is 2.69. The topological polar surface area (TPSA) is 75.0 Å². The number of rotatable bonds is 1. The van der Waals surface area contributed by atoms with Crippen LogP contribution in [0.1, 0.15) is 44.3 Å². The van der Waals surface area contributed by atoms with Crippen LogP contribution >= 0.6 is 0 Å². The number of furan rings is 1. The van der Waals surface area contributed by atoms with Gasteiger partial charge in [-0.1, -0.05) is 6.92 Å². The van der Waals surface area contributed by atoms with Crippen molar-refractivity contribution >= 4 is 11.9 Å². The van der Waals surface area contributed by atoms with Gasteiger partial charge in [0.25, 0.3) is 0 Å². The molecule has 6 nitrogen and oxygen atoms in total. The second-order valence-corrected chi connectivity index (χ2v) is 8.58. The molecule has 0 radical (unpaired) electrons. The molecule has 4 heterocycles. The minimum absolute atomic E-state index is 0.0202. The van der Waals surface area contributed by atoms with Crippen molar-refractivity contribution in [1.29, 1.82) is 0 Å². The third-order valence-corrected chi connectivity index (χ3v) is 7.66. The van der Waals surface area contributed by atoms with Crippen LogP contribution < -0.4 is 0 Å². The Kier molecular flexibility index (Phi) is 2.46. The first-order valence-corrected chi connectivity index (χ1v) is 9.13. The minimum Gasteiger partial charge on any atom is -0.472 e. The van der Waals surface area contributed by atoms with Gasteiger partial charge in [0.1, 0.15) is 12.2 Å². The summed E-state index contributed by atoms with van der Waals surface area (Å²) in [7, 11) is 0. The molecule has 25 heavy (non-hydrogen) atoms. The van der Waals surface area contributed by atoms with E-state index < -0.39 is 5.60 Å². The van der Waals surface area contributed by atoms with Crippen LogP contribution in [0.4, 0.5) is 0 Å². The van der Waals surface area contributed by atoms with Crippen LogP contribution in [0.2, 0.25) is 0 Å². The Morgan fingerprint density at radius 1 is 1.16 bits per heavy atom. The normalized spacial score (nSPS) is 52.5. The zero-order valence-corrected chi connectivity index (χ0v) is 14.0. The smallest absolute Gasteiger partial charge is 0.339 e. The molecular weight excluding hydrogens is 324 g/mol. The molecule has 2 aliphatic carbocycles. The summed E-state index contributed by atoms with van der Waals surface area (Å²) >= 11 is 0. The predicted molar refractivity (Wildman–Crippen MR) is 82.1 cm³/mol. The van der Waals surface area contributed by atoms with E-state index in [1.807, 2.05) is 6.07 Å². The lowest BCUT2D eigenvalue weighted by atomic mass is 9.49. The Morgan fingerprint density at radius 2 is 2.04 bits per heavy atom. The molecule has 3 aliphatic heterocycles. The van der Waals surface area contributed by atoms with Crippen LogP contribution in [0.3, 0.4) is 0 Å².